The van der Waals surface area contributed by atoms with Crippen LogP contribution in [0, 0.1) is 11.5 Å². The average Bonchev–Trinajstić information content (AvgIpc) is 2.29. The number of carbonyl (C=O) groups is 1. The van der Waals surface area contributed by atoms with Gasteiger partial charge in [0.1, 0.15) is 5.69 Å². The zero-order valence-electron chi connectivity index (χ0n) is 9.07. The summed E-state index contributed by atoms with van der Waals surface area (Å²) in [6.07, 6.45) is 4.58. The van der Waals surface area contributed by atoms with Gasteiger partial charge in [-0.25, -0.2) is 0 Å². The molecule has 1 aromatic heterocycles. The van der Waals surface area contributed by atoms with Gasteiger partial charge in [-0.3, -0.25) is 9.78 Å². The first-order chi connectivity index (χ1) is 7.76. The highest BCUT2D eigenvalue weighted by molar-refractivity contribution is 5.92. The van der Waals surface area contributed by atoms with Gasteiger partial charge in [-0.2, -0.15) is 0 Å². The van der Waals surface area contributed by atoms with Gasteiger partial charge in [0.2, 0.25) is 0 Å². The fourth-order valence-corrected chi connectivity index (χ4v) is 1.88. The maximum atomic E-state index is 11.7. The van der Waals surface area contributed by atoms with E-state index in [1.165, 1.54) is 6.20 Å². The maximum absolute atomic E-state index is 11.7. The molecule has 1 aliphatic rings. The van der Waals surface area contributed by atoms with Crippen molar-refractivity contribution in [1.29, 1.82) is 0 Å². The lowest BCUT2D eigenvalue weighted by Gasteiger charge is -2.40. The van der Waals surface area contributed by atoms with Crippen LogP contribution in [0.15, 0.2) is 18.3 Å². The molecule has 1 saturated carbocycles. The lowest BCUT2D eigenvalue weighted by Crippen LogP contribution is -2.44. The largest absolute Gasteiger partial charge is 0.396 e. The molecule has 4 nitrogen and oxygen atoms in total. The van der Waals surface area contributed by atoms with Crippen LogP contribution in [-0.2, 0) is 0 Å². The molecule has 16 heavy (non-hydrogen) atoms. The zero-order chi connectivity index (χ0) is 11.4. The van der Waals surface area contributed by atoms with Crippen molar-refractivity contribution in [2.24, 2.45) is 5.41 Å². The second kappa shape index (κ2) is 4.61. The fraction of sp³-hybridized carbons (Fsp3) is 0.500. The Labute approximate surface area is 94.7 Å². The van der Waals surface area contributed by atoms with Gasteiger partial charge < -0.3 is 10.4 Å². The van der Waals surface area contributed by atoms with Crippen molar-refractivity contribution in [1.82, 2.24) is 10.3 Å². The van der Waals surface area contributed by atoms with E-state index < -0.39 is 0 Å². The summed E-state index contributed by atoms with van der Waals surface area (Å²) in [5.41, 5.74) is 0.308. The third-order valence-electron chi connectivity index (χ3n) is 3.22. The van der Waals surface area contributed by atoms with Gasteiger partial charge in [-0.1, -0.05) is 12.5 Å². The molecule has 0 spiro atoms. The van der Waals surface area contributed by atoms with Crippen molar-refractivity contribution >= 4 is 5.91 Å². The molecule has 1 amide bonds. The molecule has 85 valence electrons. The van der Waals surface area contributed by atoms with Crippen molar-refractivity contribution in [3.63, 3.8) is 0 Å². The minimum Gasteiger partial charge on any atom is -0.396 e. The second-order valence-electron chi connectivity index (χ2n) is 4.34. The first-order valence-corrected chi connectivity index (χ1v) is 5.47. The predicted molar refractivity (Wildman–Crippen MR) is 58.8 cm³/mol. The molecule has 0 aromatic carbocycles. The Morgan fingerprint density at radius 2 is 2.44 bits per heavy atom. The number of aromatic nitrogens is 1. The quantitative estimate of drug-likeness (QED) is 0.786. The van der Waals surface area contributed by atoms with E-state index in [2.05, 4.69) is 16.4 Å². The lowest BCUT2D eigenvalue weighted by molar-refractivity contribution is 0.0428. The molecule has 1 heterocycles. The fourth-order valence-electron chi connectivity index (χ4n) is 1.88. The molecule has 0 bridgehead atoms. The van der Waals surface area contributed by atoms with E-state index in [0.717, 1.165) is 19.3 Å². The number of pyridine rings is 1. The van der Waals surface area contributed by atoms with Crippen molar-refractivity contribution < 1.29 is 9.90 Å². The molecule has 0 aliphatic heterocycles. The molecule has 1 radical (unpaired) electrons. The van der Waals surface area contributed by atoms with Gasteiger partial charge in [-0.05, 0) is 18.9 Å². The van der Waals surface area contributed by atoms with Crippen molar-refractivity contribution in [3.05, 3.63) is 30.1 Å². The highest BCUT2D eigenvalue weighted by atomic mass is 16.3. The normalized spacial score (nSPS) is 17.6. The summed E-state index contributed by atoms with van der Waals surface area (Å²) in [5.74, 6) is -0.186. The molecule has 2 rings (SSSR count). The van der Waals surface area contributed by atoms with Gasteiger partial charge in [0.25, 0.3) is 5.91 Å². The molecule has 1 aliphatic carbocycles. The van der Waals surface area contributed by atoms with E-state index >= 15 is 0 Å². The van der Waals surface area contributed by atoms with Gasteiger partial charge in [0.05, 0.1) is 6.61 Å². The van der Waals surface area contributed by atoms with E-state index in [4.69, 9.17) is 0 Å². The van der Waals surface area contributed by atoms with Crippen LogP contribution >= 0.6 is 0 Å². The molecule has 1 fully saturated rings. The Balaban J connectivity index is 1.89. The Morgan fingerprint density at radius 1 is 1.62 bits per heavy atom. The monoisotopic (exact) mass is 219 g/mol. The summed E-state index contributed by atoms with van der Waals surface area (Å²) in [7, 11) is 0. The van der Waals surface area contributed by atoms with Crippen LogP contribution in [0.4, 0.5) is 0 Å². The van der Waals surface area contributed by atoms with Crippen molar-refractivity contribution in [3.8, 4) is 0 Å². The number of nitrogens with one attached hydrogen (secondary N) is 1. The number of rotatable bonds is 4. The summed E-state index contributed by atoms with van der Waals surface area (Å²) >= 11 is 0. The van der Waals surface area contributed by atoms with Gasteiger partial charge >= 0.3 is 0 Å². The molecule has 1 aromatic rings. The van der Waals surface area contributed by atoms with Crippen LogP contribution in [0.2, 0.25) is 0 Å². The number of hydrogen-bond donors (Lipinski definition) is 2. The lowest BCUT2D eigenvalue weighted by atomic mass is 9.69. The van der Waals surface area contributed by atoms with E-state index in [1.807, 2.05) is 0 Å². The third kappa shape index (κ3) is 2.22. The summed E-state index contributed by atoms with van der Waals surface area (Å²) in [6, 6.07) is 6.05. The zero-order valence-corrected chi connectivity index (χ0v) is 9.07. The smallest absolute Gasteiger partial charge is 0.269 e. The van der Waals surface area contributed by atoms with Crippen LogP contribution in [-0.4, -0.2) is 29.1 Å². The molecule has 0 atom stereocenters. The molecule has 2 N–H and O–H groups in total. The van der Waals surface area contributed by atoms with Gasteiger partial charge in [0.15, 0.2) is 0 Å². The summed E-state index contributed by atoms with van der Waals surface area (Å²) in [5, 5.41) is 12.1. The highest BCUT2D eigenvalue weighted by Gasteiger charge is 2.36. The van der Waals surface area contributed by atoms with Gasteiger partial charge in [-0.15, -0.1) is 0 Å². The first-order valence-electron chi connectivity index (χ1n) is 5.47. The number of nitrogens with zero attached hydrogens (tertiary/aromatic N) is 1. The first kappa shape index (κ1) is 11.1. The van der Waals surface area contributed by atoms with E-state index in [0.29, 0.717) is 12.2 Å². The summed E-state index contributed by atoms with van der Waals surface area (Å²) in [4.78, 5) is 15.6. The van der Waals surface area contributed by atoms with Crippen LogP contribution in [0.1, 0.15) is 29.8 Å². The minimum absolute atomic E-state index is 0.0867. The Hall–Kier alpha value is -1.42. The molecule has 0 saturated heterocycles. The minimum atomic E-state index is -0.186. The third-order valence-corrected chi connectivity index (χ3v) is 3.22. The summed E-state index contributed by atoms with van der Waals surface area (Å²) < 4.78 is 0. The maximum Gasteiger partial charge on any atom is 0.269 e. The van der Waals surface area contributed by atoms with Crippen LogP contribution in [0.5, 0.6) is 0 Å². The van der Waals surface area contributed by atoms with Crippen LogP contribution in [0.3, 0.4) is 0 Å². The Kier molecular flexibility index (Phi) is 3.19. The van der Waals surface area contributed by atoms with Crippen molar-refractivity contribution in [2.45, 2.75) is 19.3 Å². The van der Waals surface area contributed by atoms with Crippen LogP contribution in [0.25, 0.3) is 0 Å². The van der Waals surface area contributed by atoms with E-state index in [1.54, 1.807) is 12.1 Å². The van der Waals surface area contributed by atoms with E-state index in [-0.39, 0.29) is 17.9 Å². The number of aliphatic hydroxyl groups excluding tert-OH is 1. The van der Waals surface area contributed by atoms with Crippen molar-refractivity contribution in [2.75, 3.05) is 13.2 Å². The molecular formula is C12H15N2O2. The Morgan fingerprint density at radius 3 is 2.94 bits per heavy atom. The highest BCUT2D eigenvalue weighted by Crippen LogP contribution is 2.39. The number of aliphatic hydroxyl groups is 1. The average molecular weight is 219 g/mol. The molecule has 4 heteroatoms. The topological polar surface area (TPSA) is 62.2 Å². The Bertz CT molecular complexity index is 355. The number of amides is 1. The van der Waals surface area contributed by atoms with E-state index in [9.17, 15) is 9.90 Å². The number of hydrogen-bond acceptors (Lipinski definition) is 3. The number of carbonyl (C=O) groups excluding carboxylic acids is 1. The molecule has 0 unspecified atom stereocenters. The van der Waals surface area contributed by atoms with Crippen LogP contribution < -0.4 is 5.32 Å². The van der Waals surface area contributed by atoms with Gasteiger partial charge in [0, 0.05) is 24.2 Å². The predicted octanol–water partition coefficient (Wildman–Crippen LogP) is 0.774. The SMILES string of the molecule is O=C(NCC1(CO)CCC1)c1cc[c]cn1. The summed E-state index contributed by atoms with van der Waals surface area (Å²) in [6.45, 7) is 0.673. The standard InChI is InChI=1S/C12H15N2O2/c15-9-12(5-3-6-12)8-14-11(16)10-4-1-2-7-13-10/h1,4,7,15H,3,5-6,8-9H2,(H,14,16). The second-order valence-corrected chi connectivity index (χ2v) is 4.34. The molecular weight excluding hydrogens is 204 g/mol.